The molecular weight excluding hydrogens is 300 g/mol. The van der Waals surface area contributed by atoms with Gasteiger partial charge in [0.05, 0.1) is 11.3 Å². The van der Waals surface area contributed by atoms with Gasteiger partial charge in [-0.15, -0.1) is 0 Å². The van der Waals surface area contributed by atoms with Crippen LogP contribution in [0.1, 0.15) is 11.1 Å². The van der Waals surface area contributed by atoms with Crippen molar-refractivity contribution >= 4 is 15.9 Å². The first-order valence-electron chi connectivity index (χ1n) is 5.23. The first-order valence-corrected chi connectivity index (χ1v) is 6.02. The van der Waals surface area contributed by atoms with Crippen molar-refractivity contribution in [2.45, 2.75) is 13.8 Å². The van der Waals surface area contributed by atoms with E-state index in [1.165, 1.54) is 6.92 Å². The molecule has 18 heavy (non-hydrogen) atoms. The van der Waals surface area contributed by atoms with Crippen LogP contribution in [-0.2, 0) is 0 Å². The average molecular weight is 311 g/mol. The van der Waals surface area contributed by atoms with E-state index in [-0.39, 0.29) is 11.4 Å². The normalized spacial score (nSPS) is 10.6. The highest BCUT2D eigenvalue weighted by Gasteiger charge is 2.13. The smallest absolute Gasteiger partial charge is 0.335 e. The van der Waals surface area contributed by atoms with Crippen LogP contribution in [0.4, 0.5) is 0 Å². The maximum absolute atomic E-state index is 11.8. The highest BCUT2D eigenvalue weighted by Crippen LogP contribution is 2.22. The number of H-pyrrole nitrogens is 1. The lowest BCUT2D eigenvalue weighted by Crippen LogP contribution is -2.30. The largest absolute Gasteiger partial charge is 0.494 e. The predicted molar refractivity (Wildman–Crippen MR) is 71.5 cm³/mol. The van der Waals surface area contributed by atoms with Crippen molar-refractivity contribution in [3.63, 3.8) is 0 Å². The monoisotopic (exact) mass is 310 g/mol. The van der Waals surface area contributed by atoms with Gasteiger partial charge in [0.1, 0.15) is 0 Å². The zero-order chi connectivity index (χ0) is 13.4. The quantitative estimate of drug-likeness (QED) is 0.840. The number of aryl methyl sites for hydroxylation is 1. The minimum absolute atomic E-state index is 0.108. The Morgan fingerprint density at radius 2 is 1.94 bits per heavy atom. The Hall–Kier alpha value is -1.82. The summed E-state index contributed by atoms with van der Waals surface area (Å²) in [5.74, 6) is -0.339. The van der Waals surface area contributed by atoms with Gasteiger partial charge in [-0.1, -0.05) is 15.9 Å². The summed E-state index contributed by atoms with van der Waals surface area (Å²) in [5.41, 5.74) is 0.197. The molecule has 5 nitrogen and oxygen atoms in total. The number of nitrogens with zero attached hydrogens (tertiary/aromatic N) is 1. The van der Waals surface area contributed by atoms with Crippen molar-refractivity contribution < 1.29 is 5.11 Å². The Morgan fingerprint density at radius 1 is 1.28 bits per heavy atom. The molecule has 0 bridgehead atoms. The highest BCUT2D eigenvalue weighted by atomic mass is 79.9. The van der Waals surface area contributed by atoms with Gasteiger partial charge in [0.25, 0.3) is 5.56 Å². The molecule has 0 radical (unpaired) electrons. The number of aromatic amines is 1. The summed E-state index contributed by atoms with van der Waals surface area (Å²) >= 11 is 3.32. The molecule has 6 heteroatoms. The van der Waals surface area contributed by atoms with Gasteiger partial charge >= 0.3 is 5.69 Å². The summed E-state index contributed by atoms with van der Waals surface area (Å²) in [6.45, 7) is 3.27. The van der Waals surface area contributed by atoms with E-state index < -0.39 is 11.2 Å². The van der Waals surface area contributed by atoms with Gasteiger partial charge in [0.2, 0.25) is 5.88 Å². The van der Waals surface area contributed by atoms with Crippen LogP contribution in [0.15, 0.2) is 32.3 Å². The lowest BCUT2D eigenvalue weighted by atomic mass is 10.2. The molecular formula is C12H11BrN2O3. The van der Waals surface area contributed by atoms with E-state index in [0.29, 0.717) is 5.69 Å². The molecule has 0 atom stereocenters. The molecule has 1 aromatic carbocycles. The third-order valence-corrected chi connectivity index (χ3v) is 3.20. The second-order valence-electron chi connectivity index (χ2n) is 3.97. The maximum atomic E-state index is 11.8. The van der Waals surface area contributed by atoms with Crippen LogP contribution < -0.4 is 11.2 Å². The van der Waals surface area contributed by atoms with Gasteiger partial charge in [-0.2, -0.15) is 0 Å². The van der Waals surface area contributed by atoms with E-state index in [2.05, 4.69) is 20.9 Å². The molecule has 0 aliphatic carbocycles. The fourth-order valence-electron chi connectivity index (χ4n) is 1.71. The fraction of sp³-hybridized carbons (Fsp3) is 0.167. The molecule has 0 unspecified atom stereocenters. The van der Waals surface area contributed by atoms with E-state index in [9.17, 15) is 14.7 Å². The number of rotatable bonds is 1. The van der Waals surface area contributed by atoms with Crippen molar-refractivity contribution in [1.29, 1.82) is 0 Å². The number of hydrogen-bond donors (Lipinski definition) is 2. The number of benzene rings is 1. The third kappa shape index (κ3) is 1.99. The van der Waals surface area contributed by atoms with E-state index >= 15 is 0 Å². The topological polar surface area (TPSA) is 75.1 Å². The number of nitrogens with one attached hydrogen (secondary N) is 1. The molecule has 2 aromatic rings. The summed E-state index contributed by atoms with van der Waals surface area (Å²) in [5, 5.41) is 9.94. The maximum Gasteiger partial charge on any atom is 0.335 e. The Kier molecular flexibility index (Phi) is 3.13. The van der Waals surface area contributed by atoms with E-state index in [1.807, 2.05) is 13.0 Å². The summed E-state index contributed by atoms with van der Waals surface area (Å²) in [4.78, 5) is 25.3. The van der Waals surface area contributed by atoms with Gasteiger partial charge in [0, 0.05) is 4.47 Å². The molecule has 2 rings (SSSR count). The van der Waals surface area contributed by atoms with Gasteiger partial charge in [-0.25, -0.2) is 9.36 Å². The molecule has 0 saturated heterocycles. The molecule has 0 amide bonds. The standard InChI is InChI=1S/C12H11BrN2O3/c1-6-5-8(13)3-4-9(6)15-11(17)7(2)10(16)14-12(15)18/h3-5,17H,1-2H3,(H,14,16,18). The van der Waals surface area contributed by atoms with Crippen LogP contribution in [0.25, 0.3) is 5.69 Å². The molecule has 0 spiro atoms. The van der Waals surface area contributed by atoms with E-state index in [4.69, 9.17) is 0 Å². The summed E-state index contributed by atoms with van der Waals surface area (Å²) in [6, 6.07) is 5.27. The van der Waals surface area contributed by atoms with Gasteiger partial charge in [-0.05, 0) is 37.6 Å². The molecule has 0 aliphatic rings. The SMILES string of the molecule is Cc1cc(Br)ccc1-n1c(O)c(C)c(=O)[nH]c1=O. The molecule has 2 N–H and O–H groups in total. The Morgan fingerprint density at radius 3 is 2.56 bits per heavy atom. The zero-order valence-corrected chi connectivity index (χ0v) is 11.4. The number of halogens is 1. The van der Waals surface area contributed by atoms with Crippen molar-refractivity contribution in [2.24, 2.45) is 0 Å². The van der Waals surface area contributed by atoms with Crippen LogP contribution >= 0.6 is 15.9 Å². The molecule has 0 fully saturated rings. The van der Waals surface area contributed by atoms with Gasteiger partial charge in [-0.3, -0.25) is 9.78 Å². The Labute approximate surface area is 111 Å². The van der Waals surface area contributed by atoms with Gasteiger partial charge in [0.15, 0.2) is 0 Å². The number of aromatic nitrogens is 2. The third-order valence-electron chi connectivity index (χ3n) is 2.71. The summed E-state index contributed by atoms with van der Waals surface area (Å²) < 4.78 is 1.95. The second-order valence-corrected chi connectivity index (χ2v) is 4.89. The van der Waals surface area contributed by atoms with Crippen LogP contribution in [0, 0.1) is 13.8 Å². The van der Waals surface area contributed by atoms with Crippen molar-refractivity contribution in [1.82, 2.24) is 9.55 Å². The number of hydrogen-bond acceptors (Lipinski definition) is 3. The van der Waals surface area contributed by atoms with Crippen LogP contribution in [0.5, 0.6) is 5.88 Å². The highest BCUT2D eigenvalue weighted by molar-refractivity contribution is 9.10. The second kappa shape index (κ2) is 4.45. The molecule has 1 heterocycles. The zero-order valence-electron chi connectivity index (χ0n) is 9.82. The van der Waals surface area contributed by atoms with Crippen LogP contribution in [0.2, 0.25) is 0 Å². The van der Waals surface area contributed by atoms with Crippen molar-refractivity contribution in [2.75, 3.05) is 0 Å². The lowest BCUT2D eigenvalue weighted by molar-refractivity contribution is 0.426. The van der Waals surface area contributed by atoms with Crippen LogP contribution in [-0.4, -0.2) is 14.7 Å². The van der Waals surface area contributed by atoms with E-state index in [1.54, 1.807) is 12.1 Å². The average Bonchev–Trinajstić information content (AvgIpc) is 2.29. The summed E-state index contributed by atoms with van der Waals surface area (Å²) in [7, 11) is 0. The molecule has 94 valence electrons. The van der Waals surface area contributed by atoms with Crippen molar-refractivity contribution in [3.05, 3.63) is 54.6 Å². The van der Waals surface area contributed by atoms with Crippen LogP contribution in [0.3, 0.4) is 0 Å². The van der Waals surface area contributed by atoms with Gasteiger partial charge < -0.3 is 5.11 Å². The first-order chi connectivity index (χ1) is 8.41. The predicted octanol–water partition coefficient (Wildman–Crippen LogP) is 1.61. The van der Waals surface area contributed by atoms with E-state index in [0.717, 1.165) is 14.6 Å². The minimum Gasteiger partial charge on any atom is -0.494 e. The molecule has 0 aliphatic heterocycles. The Balaban J connectivity index is 2.84. The number of aromatic hydroxyl groups is 1. The Bertz CT molecular complexity index is 731. The molecule has 1 aromatic heterocycles. The lowest BCUT2D eigenvalue weighted by Gasteiger charge is -2.12. The molecule has 0 saturated carbocycles. The first kappa shape index (κ1) is 12.6. The fourth-order valence-corrected chi connectivity index (χ4v) is 2.18. The van der Waals surface area contributed by atoms with Crippen molar-refractivity contribution in [3.8, 4) is 11.6 Å². The summed E-state index contributed by atoms with van der Waals surface area (Å²) in [6.07, 6.45) is 0. The minimum atomic E-state index is -0.659.